The number of nitro groups is 1. The fourth-order valence-corrected chi connectivity index (χ4v) is 1.87. The van der Waals surface area contributed by atoms with Crippen molar-refractivity contribution in [1.82, 2.24) is 0 Å². The quantitative estimate of drug-likeness (QED) is 0.529. The number of nitrogens with two attached hydrogens (primary N) is 1. The summed E-state index contributed by atoms with van der Waals surface area (Å²) in [5, 5.41) is 11.5. The maximum atomic E-state index is 10.8. The van der Waals surface area contributed by atoms with Gasteiger partial charge in [-0.25, -0.2) is 0 Å². The van der Waals surface area contributed by atoms with Crippen LogP contribution in [0.2, 0.25) is 5.02 Å². The van der Waals surface area contributed by atoms with Gasteiger partial charge >= 0.3 is 0 Å². The van der Waals surface area contributed by atoms with Crippen LogP contribution < -0.4 is 10.5 Å². The first kappa shape index (κ1) is 14.1. The highest BCUT2D eigenvalue weighted by atomic mass is 35.5. The van der Waals surface area contributed by atoms with Gasteiger partial charge in [-0.3, -0.25) is 10.1 Å². The van der Waals surface area contributed by atoms with Crippen LogP contribution in [0.15, 0.2) is 36.4 Å². The Hall–Kier alpha value is -2.27. The minimum Gasteiger partial charge on any atom is -0.489 e. The first-order chi connectivity index (χ1) is 9.49. The van der Waals surface area contributed by atoms with Crippen LogP contribution >= 0.6 is 11.6 Å². The predicted molar refractivity (Wildman–Crippen MR) is 78.0 cm³/mol. The van der Waals surface area contributed by atoms with Gasteiger partial charge in [0.2, 0.25) is 0 Å². The number of hydrogen-bond donors (Lipinski definition) is 1. The zero-order chi connectivity index (χ0) is 14.7. The Labute approximate surface area is 121 Å². The molecule has 0 spiro atoms. The van der Waals surface area contributed by atoms with Crippen LogP contribution in [0.1, 0.15) is 11.1 Å². The number of ether oxygens (including phenoxy) is 1. The van der Waals surface area contributed by atoms with Gasteiger partial charge in [-0.05, 0) is 30.7 Å². The molecule has 0 aliphatic carbocycles. The van der Waals surface area contributed by atoms with Crippen molar-refractivity contribution in [3.8, 4) is 5.75 Å². The largest absolute Gasteiger partial charge is 0.489 e. The summed E-state index contributed by atoms with van der Waals surface area (Å²) in [6.07, 6.45) is 0. The molecule has 0 atom stereocenters. The molecule has 2 aromatic rings. The van der Waals surface area contributed by atoms with Gasteiger partial charge in [-0.2, -0.15) is 0 Å². The van der Waals surface area contributed by atoms with Crippen LogP contribution in [-0.4, -0.2) is 4.92 Å². The van der Waals surface area contributed by atoms with Crippen LogP contribution in [0, 0.1) is 17.0 Å². The number of nitro benzene ring substituents is 1. The maximum absolute atomic E-state index is 10.8. The van der Waals surface area contributed by atoms with E-state index in [-0.39, 0.29) is 18.0 Å². The van der Waals surface area contributed by atoms with Crippen molar-refractivity contribution in [2.75, 3.05) is 5.73 Å². The summed E-state index contributed by atoms with van der Waals surface area (Å²) < 4.78 is 5.58. The Bertz CT molecular complexity index is 659. The molecule has 2 N–H and O–H groups in total. The fourth-order valence-electron chi connectivity index (χ4n) is 1.75. The number of halogens is 1. The summed E-state index contributed by atoms with van der Waals surface area (Å²) in [5.41, 5.74) is 7.25. The lowest BCUT2D eigenvalue weighted by molar-refractivity contribution is -0.384. The normalized spacial score (nSPS) is 10.3. The van der Waals surface area contributed by atoms with E-state index >= 15 is 0 Å². The molecular formula is C14H13ClN2O3. The summed E-state index contributed by atoms with van der Waals surface area (Å²) in [5.74, 6) is 0.637. The number of rotatable bonds is 4. The molecule has 0 unspecified atom stereocenters. The Morgan fingerprint density at radius 2 is 2.10 bits per heavy atom. The van der Waals surface area contributed by atoms with Crippen molar-refractivity contribution in [2.45, 2.75) is 13.5 Å². The van der Waals surface area contributed by atoms with Gasteiger partial charge in [-0.15, -0.1) is 0 Å². The smallest absolute Gasteiger partial charge is 0.292 e. The maximum Gasteiger partial charge on any atom is 0.292 e. The van der Waals surface area contributed by atoms with Crippen molar-refractivity contribution >= 4 is 23.0 Å². The van der Waals surface area contributed by atoms with Gasteiger partial charge < -0.3 is 10.5 Å². The predicted octanol–water partition coefficient (Wildman–Crippen LogP) is 3.72. The Kier molecular flexibility index (Phi) is 4.10. The molecule has 2 rings (SSSR count). The van der Waals surface area contributed by atoms with Crippen LogP contribution in [0.25, 0.3) is 0 Å². The molecule has 0 aliphatic rings. The third-order valence-corrected chi connectivity index (χ3v) is 3.32. The van der Waals surface area contributed by atoms with Gasteiger partial charge in [0.15, 0.2) is 0 Å². The molecule has 0 bridgehead atoms. The molecule has 2 aromatic carbocycles. The molecule has 0 aliphatic heterocycles. The second kappa shape index (κ2) is 5.79. The zero-order valence-electron chi connectivity index (χ0n) is 10.8. The number of nitrogen functional groups attached to an aromatic ring is 1. The van der Waals surface area contributed by atoms with Crippen molar-refractivity contribution in [3.05, 3.63) is 62.7 Å². The molecule has 0 aromatic heterocycles. The van der Waals surface area contributed by atoms with Gasteiger partial charge in [0.25, 0.3) is 5.69 Å². The molecule has 5 nitrogen and oxygen atoms in total. The Morgan fingerprint density at radius 1 is 1.35 bits per heavy atom. The molecule has 0 saturated carbocycles. The lowest BCUT2D eigenvalue weighted by Crippen LogP contribution is -2.03. The van der Waals surface area contributed by atoms with Gasteiger partial charge in [0.05, 0.1) is 4.92 Å². The SMILES string of the molecule is Cc1cc(OCc2cccc([N+](=O)[O-])c2N)ccc1Cl. The topological polar surface area (TPSA) is 78.4 Å². The van der Waals surface area contributed by atoms with E-state index in [1.54, 1.807) is 30.3 Å². The van der Waals surface area contributed by atoms with E-state index in [0.717, 1.165) is 5.56 Å². The molecule has 0 heterocycles. The zero-order valence-corrected chi connectivity index (χ0v) is 11.6. The van der Waals surface area contributed by atoms with Crippen molar-refractivity contribution < 1.29 is 9.66 Å². The highest BCUT2D eigenvalue weighted by molar-refractivity contribution is 6.31. The standard InChI is InChI=1S/C14H13ClN2O3/c1-9-7-11(5-6-12(9)15)20-8-10-3-2-4-13(14(10)16)17(18)19/h2-7H,8,16H2,1H3. The Balaban J connectivity index is 2.17. The number of aryl methyl sites for hydroxylation is 1. The van der Waals surface area contributed by atoms with E-state index in [2.05, 4.69) is 0 Å². The lowest BCUT2D eigenvalue weighted by Gasteiger charge is -2.09. The second-order valence-corrected chi connectivity index (χ2v) is 4.71. The highest BCUT2D eigenvalue weighted by Crippen LogP contribution is 2.27. The highest BCUT2D eigenvalue weighted by Gasteiger charge is 2.14. The van der Waals surface area contributed by atoms with Crippen LogP contribution in [0.3, 0.4) is 0 Å². The van der Waals surface area contributed by atoms with E-state index < -0.39 is 4.92 Å². The molecule has 0 radical (unpaired) electrons. The first-order valence-corrected chi connectivity index (χ1v) is 6.27. The van der Waals surface area contributed by atoms with E-state index in [9.17, 15) is 10.1 Å². The monoisotopic (exact) mass is 292 g/mol. The third kappa shape index (κ3) is 3.00. The molecule has 20 heavy (non-hydrogen) atoms. The summed E-state index contributed by atoms with van der Waals surface area (Å²) in [4.78, 5) is 10.3. The number of para-hydroxylation sites is 1. The summed E-state index contributed by atoms with van der Waals surface area (Å²) in [6, 6.07) is 9.93. The number of benzene rings is 2. The average molecular weight is 293 g/mol. The van der Waals surface area contributed by atoms with Crippen molar-refractivity contribution in [1.29, 1.82) is 0 Å². The fraction of sp³-hybridized carbons (Fsp3) is 0.143. The van der Waals surface area contributed by atoms with E-state index in [1.165, 1.54) is 6.07 Å². The number of hydrogen-bond acceptors (Lipinski definition) is 4. The van der Waals surface area contributed by atoms with Crippen LogP contribution in [0.4, 0.5) is 11.4 Å². The minimum absolute atomic E-state index is 0.113. The number of anilines is 1. The minimum atomic E-state index is -0.509. The molecule has 6 heteroatoms. The van der Waals surface area contributed by atoms with E-state index in [0.29, 0.717) is 16.3 Å². The molecular weight excluding hydrogens is 280 g/mol. The first-order valence-electron chi connectivity index (χ1n) is 5.89. The molecule has 0 amide bonds. The lowest BCUT2D eigenvalue weighted by atomic mass is 10.1. The van der Waals surface area contributed by atoms with Gasteiger partial charge in [0, 0.05) is 16.7 Å². The van der Waals surface area contributed by atoms with Crippen LogP contribution in [0.5, 0.6) is 5.75 Å². The van der Waals surface area contributed by atoms with Crippen molar-refractivity contribution in [2.24, 2.45) is 0 Å². The molecule has 104 valence electrons. The van der Waals surface area contributed by atoms with E-state index in [1.807, 2.05) is 6.92 Å². The molecule has 0 fully saturated rings. The van der Waals surface area contributed by atoms with Crippen LogP contribution in [-0.2, 0) is 6.61 Å². The second-order valence-electron chi connectivity index (χ2n) is 4.31. The van der Waals surface area contributed by atoms with Gasteiger partial charge in [-0.1, -0.05) is 23.7 Å². The summed E-state index contributed by atoms with van der Waals surface area (Å²) >= 11 is 5.93. The Morgan fingerprint density at radius 3 is 2.75 bits per heavy atom. The summed E-state index contributed by atoms with van der Waals surface area (Å²) in [6.45, 7) is 2.03. The van der Waals surface area contributed by atoms with E-state index in [4.69, 9.17) is 22.1 Å². The summed E-state index contributed by atoms with van der Waals surface area (Å²) in [7, 11) is 0. The molecule has 0 saturated heterocycles. The van der Waals surface area contributed by atoms with Crippen molar-refractivity contribution in [3.63, 3.8) is 0 Å². The van der Waals surface area contributed by atoms with Gasteiger partial charge in [0.1, 0.15) is 18.0 Å². The third-order valence-electron chi connectivity index (χ3n) is 2.89. The average Bonchev–Trinajstić information content (AvgIpc) is 2.41. The number of nitrogens with zero attached hydrogens (tertiary/aromatic N) is 1.